The standard InChI is InChI=1S/C17H14N2O5/c20-14(10-15(21)16(22)23)11-5-4-8-13(9-11)19-17(24)18-12-6-2-1-3-7-12/h1-9H,10H2,(H,22,23)(H2,18,19,24). The van der Waals surface area contributed by atoms with E-state index in [0.29, 0.717) is 11.4 Å². The van der Waals surface area contributed by atoms with Crippen molar-refractivity contribution in [3.8, 4) is 0 Å². The quantitative estimate of drug-likeness (QED) is 0.429. The predicted molar refractivity (Wildman–Crippen MR) is 87.1 cm³/mol. The number of carboxylic acids is 1. The lowest BCUT2D eigenvalue weighted by Gasteiger charge is -2.08. The van der Waals surface area contributed by atoms with E-state index in [-0.39, 0.29) is 5.56 Å². The maximum Gasteiger partial charge on any atom is 0.372 e. The summed E-state index contributed by atoms with van der Waals surface area (Å²) in [7, 11) is 0. The molecule has 0 spiro atoms. The van der Waals surface area contributed by atoms with Crippen LogP contribution in [0.5, 0.6) is 0 Å². The number of hydrogen-bond donors (Lipinski definition) is 3. The third kappa shape index (κ3) is 4.77. The molecular formula is C17H14N2O5. The number of aliphatic carboxylic acids is 1. The first-order chi connectivity index (χ1) is 11.5. The van der Waals surface area contributed by atoms with Crippen molar-refractivity contribution in [1.29, 1.82) is 0 Å². The molecule has 2 rings (SSSR count). The monoisotopic (exact) mass is 326 g/mol. The van der Waals surface area contributed by atoms with Crippen LogP contribution in [0.1, 0.15) is 16.8 Å². The fourth-order valence-electron chi connectivity index (χ4n) is 1.91. The Morgan fingerprint density at radius 3 is 2.12 bits per heavy atom. The first-order valence-corrected chi connectivity index (χ1v) is 6.98. The van der Waals surface area contributed by atoms with Gasteiger partial charge in [-0.05, 0) is 24.3 Å². The summed E-state index contributed by atoms with van der Waals surface area (Å²) in [6.45, 7) is 0. The van der Waals surface area contributed by atoms with E-state index in [4.69, 9.17) is 5.11 Å². The smallest absolute Gasteiger partial charge is 0.372 e. The first kappa shape index (κ1) is 16.9. The lowest BCUT2D eigenvalue weighted by molar-refractivity contribution is -0.148. The van der Waals surface area contributed by atoms with Crippen LogP contribution in [0.3, 0.4) is 0 Å². The van der Waals surface area contributed by atoms with Gasteiger partial charge < -0.3 is 15.7 Å². The Morgan fingerprint density at radius 2 is 1.46 bits per heavy atom. The second kappa shape index (κ2) is 7.68. The van der Waals surface area contributed by atoms with E-state index in [1.165, 1.54) is 18.2 Å². The molecule has 0 aliphatic carbocycles. The number of Topliss-reactive ketones (excluding diaryl/α,β-unsaturated/α-hetero) is 2. The number of hydrogen-bond acceptors (Lipinski definition) is 4. The predicted octanol–water partition coefficient (Wildman–Crippen LogP) is 2.56. The van der Waals surface area contributed by atoms with Crippen LogP contribution in [0, 0.1) is 0 Å². The van der Waals surface area contributed by atoms with Gasteiger partial charge in [0, 0.05) is 16.9 Å². The minimum Gasteiger partial charge on any atom is -0.475 e. The molecule has 0 fully saturated rings. The maximum atomic E-state index is 11.9. The lowest BCUT2D eigenvalue weighted by atomic mass is 10.1. The summed E-state index contributed by atoms with van der Waals surface area (Å²) < 4.78 is 0. The van der Waals surface area contributed by atoms with Gasteiger partial charge in [0.05, 0.1) is 6.42 Å². The molecule has 2 aromatic carbocycles. The third-order valence-corrected chi connectivity index (χ3v) is 3.03. The van der Waals surface area contributed by atoms with Crippen molar-refractivity contribution >= 4 is 34.9 Å². The Bertz CT molecular complexity index is 787. The van der Waals surface area contributed by atoms with E-state index >= 15 is 0 Å². The second-order valence-electron chi connectivity index (χ2n) is 4.85. The molecule has 0 atom stereocenters. The zero-order chi connectivity index (χ0) is 17.5. The summed E-state index contributed by atoms with van der Waals surface area (Å²) in [5.41, 5.74) is 1.09. The molecule has 0 saturated heterocycles. The molecule has 3 N–H and O–H groups in total. The van der Waals surface area contributed by atoms with Crippen molar-refractivity contribution in [3.63, 3.8) is 0 Å². The number of anilines is 2. The fourth-order valence-corrected chi connectivity index (χ4v) is 1.91. The topological polar surface area (TPSA) is 113 Å². The van der Waals surface area contributed by atoms with E-state index in [1.54, 1.807) is 30.3 Å². The van der Waals surface area contributed by atoms with Gasteiger partial charge in [0.2, 0.25) is 5.78 Å². The van der Waals surface area contributed by atoms with Crippen LogP contribution in [-0.2, 0) is 9.59 Å². The Kier molecular flexibility index (Phi) is 5.40. The zero-order valence-electron chi connectivity index (χ0n) is 12.5. The molecule has 0 aliphatic heterocycles. The number of benzene rings is 2. The minimum absolute atomic E-state index is 0.141. The minimum atomic E-state index is -1.65. The van der Waals surface area contributed by atoms with Gasteiger partial charge in [0.15, 0.2) is 5.78 Å². The van der Waals surface area contributed by atoms with Gasteiger partial charge in [-0.15, -0.1) is 0 Å². The van der Waals surface area contributed by atoms with E-state index in [9.17, 15) is 19.2 Å². The van der Waals surface area contributed by atoms with Gasteiger partial charge in [-0.1, -0.05) is 30.3 Å². The second-order valence-corrected chi connectivity index (χ2v) is 4.85. The van der Waals surface area contributed by atoms with Crippen molar-refractivity contribution in [2.45, 2.75) is 6.42 Å². The first-order valence-electron chi connectivity index (χ1n) is 6.98. The number of rotatable bonds is 6. The van der Waals surface area contributed by atoms with E-state index in [2.05, 4.69) is 10.6 Å². The summed E-state index contributed by atoms with van der Waals surface area (Å²) >= 11 is 0. The van der Waals surface area contributed by atoms with Gasteiger partial charge in [-0.25, -0.2) is 9.59 Å². The molecule has 0 bridgehead atoms. The van der Waals surface area contributed by atoms with Crippen LogP contribution in [0.4, 0.5) is 16.2 Å². The summed E-state index contributed by atoms with van der Waals surface area (Å²) in [6, 6.07) is 14.2. The molecule has 7 nitrogen and oxygen atoms in total. The molecule has 0 aromatic heterocycles. The van der Waals surface area contributed by atoms with Gasteiger partial charge in [-0.3, -0.25) is 9.59 Å². The highest BCUT2D eigenvalue weighted by molar-refractivity contribution is 6.37. The van der Waals surface area contributed by atoms with Crippen LogP contribution < -0.4 is 10.6 Å². The molecule has 24 heavy (non-hydrogen) atoms. The summed E-state index contributed by atoms with van der Waals surface area (Å²) in [6.07, 6.45) is -0.727. The average Bonchev–Trinajstić information content (AvgIpc) is 2.55. The normalized spacial score (nSPS) is 9.83. The highest BCUT2D eigenvalue weighted by atomic mass is 16.4. The number of urea groups is 1. The molecule has 7 heteroatoms. The van der Waals surface area contributed by atoms with Crippen molar-refractivity contribution in [2.24, 2.45) is 0 Å². The van der Waals surface area contributed by atoms with Crippen molar-refractivity contribution in [1.82, 2.24) is 0 Å². The van der Waals surface area contributed by atoms with Gasteiger partial charge in [0.25, 0.3) is 0 Å². The van der Waals surface area contributed by atoms with E-state index in [1.807, 2.05) is 6.07 Å². The number of ketones is 2. The van der Waals surface area contributed by atoms with Gasteiger partial charge in [0.1, 0.15) is 0 Å². The Morgan fingerprint density at radius 1 is 0.833 bits per heavy atom. The van der Waals surface area contributed by atoms with E-state index < -0.39 is 30.0 Å². The summed E-state index contributed by atoms with van der Waals surface area (Å²) in [5, 5.41) is 13.7. The van der Waals surface area contributed by atoms with Gasteiger partial charge >= 0.3 is 12.0 Å². The average molecular weight is 326 g/mol. The zero-order valence-corrected chi connectivity index (χ0v) is 12.5. The number of carboxylic acid groups (broad SMARTS) is 1. The van der Waals surface area contributed by atoms with Crippen LogP contribution >= 0.6 is 0 Å². The number of carbonyl (C=O) groups excluding carboxylic acids is 3. The van der Waals surface area contributed by atoms with Crippen LogP contribution in [0.2, 0.25) is 0 Å². The largest absolute Gasteiger partial charge is 0.475 e. The Balaban J connectivity index is 2.02. The molecule has 0 unspecified atom stereocenters. The molecule has 122 valence electrons. The van der Waals surface area contributed by atoms with Crippen molar-refractivity contribution < 1.29 is 24.3 Å². The summed E-state index contributed by atoms with van der Waals surface area (Å²) in [4.78, 5) is 45.3. The summed E-state index contributed by atoms with van der Waals surface area (Å²) in [5.74, 6) is -3.46. The molecular weight excluding hydrogens is 312 g/mol. The number of nitrogens with one attached hydrogen (secondary N) is 2. The third-order valence-electron chi connectivity index (χ3n) is 3.03. The fraction of sp³-hybridized carbons (Fsp3) is 0.0588. The van der Waals surface area contributed by atoms with E-state index in [0.717, 1.165) is 0 Å². The van der Waals surface area contributed by atoms with Crippen LogP contribution in [0.25, 0.3) is 0 Å². The van der Waals surface area contributed by atoms with Gasteiger partial charge in [-0.2, -0.15) is 0 Å². The SMILES string of the molecule is O=C(Nc1ccccc1)Nc1cccc(C(=O)CC(=O)C(=O)O)c1. The van der Waals surface area contributed by atoms with Crippen LogP contribution in [-0.4, -0.2) is 28.7 Å². The highest BCUT2D eigenvalue weighted by Gasteiger charge is 2.18. The molecule has 2 aromatic rings. The van der Waals surface area contributed by atoms with Crippen molar-refractivity contribution in [2.75, 3.05) is 10.6 Å². The molecule has 0 saturated carbocycles. The Labute approximate surface area is 137 Å². The molecule has 0 radical (unpaired) electrons. The number of amides is 2. The van der Waals surface area contributed by atoms with Crippen molar-refractivity contribution in [3.05, 3.63) is 60.2 Å². The maximum absolute atomic E-state index is 11.9. The lowest BCUT2D eigenvalue weighted by Crippen LogP contribution is -2.20. The number of para-hydroxylation sites is 1. The Hall–Kier alpha value is -3.48. The highest BCUT2D eigenvalue weighted by Crippen LogP contribution is 2.14. The molecule has 0 aliphatic rings. The van der Waals surface area contributed by atoms with Crippen LogP contribution in [0.15, 0.2) is 54.6 Å². The molecule has 2 amide bonds. The molecule has 0 heterocycles. The number of carbonyl (C=O) groups is 4.